The number of nitrogens with one attached hydrogen (secondary N) is 1. The summed E-state index contributed by atoms with van der Waals surface area (Å²) >= 11 is 4.03. The van der Waals surface area contributed by atoms with Crippen LogP contribution in [0.25, 0.3) is 0 Å². The Labute approximate surface area is 85.9 Å². The first-order valence-corrected chi connectivity index (χ1v) is 4.21. The van der Waals surface area contributed by atoms with Crippen LogP contribution in [0, 0.1) is 0 Å². The highest BCUT2D eigenvalue weighted by Gasteiger charge is 2.19. The molecule has 0 saturated heterocycles. The van der Waals surface area contributed by atoms with Gasteiger partial charge in [0.2, 0.25) is 0 Å². The highest BCUT2D eigenvalue weighted by atomic mass is 32.1. The maximum atomic E-state index is 10.5. The van der Waals surface area contributed by atoms with Crippen molar-refractivity contribution in [3.05, 3.63) is 23.8 Å². The Morgan fingerprint density at radius 2 is 2.21 bits per heavy atom. The highest BCUT2D eigenvalue weighted by molar-refractivity contribution is 7.80. The van der Waals surface area contributed by atoms with Crippen molar-refractivity contribution in [2.24, 2.45) is 5.84 Å². The number of aliphatic hydroxyl groups is 1. The molecule has 76 valence electrons. The van der Waals surface area contributed by atoms with Crippen molar-refractivity contribution in [1.29, 1.82) is 0 Å². The molecule has 14 heavy (non-hydrogen) atoms. The Bertz CT molecular complexity index is 356. The van der Waals surface area contributed by atoms with Crippen molar-refractivity contribution in [2.45, 2.75) is 11.0 Å². The fourth-order valence-corrected chi connectivity index (χ4v) is 1.25. The van der Waals surface area contributed by atoms with Crippen LogP contribution in [0.15, 0.2) is 23.1 Å². The van der Waals surface area contributed by atoms with Crippen LogP contribution in [0.2, 0.25) is 0 Å². The Kier molecular flexibility index (Phi) is 3.34. The summed E-state index contributed by atoms with van der Waals surface area (Å²) in [5.74, 6) is 3.83. The van der Waals surface area contributed by atoms with Gasteiger partial charge >= 0.3 is 5.97 Å². The zero-order valence-corrected chi connectivity index (χ0v) is 8.03. The van der Waals surface area contributed by atoms with Gasteiger partial charge in [-0.3, -0.25) is 5.84 Å². The number of anilines is 1. The third kappa shape index (κ3) is 2.16. The number of hydrazine groups is 1. The number of benzene rings is 1. The molecule has 0 aliphatic carbocycles. The third-order valence-corrected chi connectivity index (χ3v) is 2.00. The number of aliphatic carboxylic acids is 1. The van der Waals surface area contributed by atoms with Crippen molar-refractivity contribution in [3.8, 4) is 0 Å². The van der Waals surface area contributed by atoms with Crippen LogP contribution in [-0.2, 0) is 4.79 Å². The first kappa shape index (κ1) is 10.8. The molecule has 0 fully saturated rings. The van der Waals surface area contributed by atoms with Gasteiger partial charge in [-0.15, -0.1) is 12.6 Å². The lowest BCUT2D eigenvalue weighted by Crippen LogP contribution is -2.16. The van der Waals surface area contributed by atoms with E-state index in [2.05, 4.69) is 18.1 Å². The molecule has 0 aliphatic heterocycles. The summed E-state index contributed by atoms with van der Waals surface area (Å²) in [4.78, 5) is 11.1. The van der Waals surface area contributed by atoms with Crippen LogP contribution < -0.4 is 11.3 Å². The Morgan fingerprint density at radius 3 is 2.71 bits per heavy atom. The standard InChI is InChI=1S/C8H10N2O3S/c9-10-6-2-1-4(14)3-5(6)7(11)8(12)13/h1-3,7,10-11,14H,9H2,(H,12,13). The molecule has 6 heteroatoms. The Morgan fingerprint density at radius 1 is 1.57 bits per heavy atom. The molecule has 0 aliphatic rings. The summed E-state index contributed by atoms with van der Waals surface area (Å²) in [5, 5.41) is 17.9. The van der Waals surface area contributed by atoms with Crippen LogP contribution in [-0.4, -0.2) is 16.2 Å². The van der Waals surface area contributed by atoms with E-state index in [1.807, 2.05) is 0 Å². The van der Waals surface area contributed by atoms with Gasteiger partial charge < -0.3 is 15.6 Å². The Hall–Kier alpha value is -1.24. The fraction of sp³-hybridized carbons (Fsp3) is 0.125. The topological polar surface area (TPSA) is 95.6 Å². The van der Waals surface area contributed by atoms with Gasteiger partial charge in [-0.2, -0.15) is 0 Å². The van der Waals surface area contributed by atoms with Crippen molar-refractivity contribution in [2.75, 3.05) is 5.43 Å². The molecule has 1 aromatic carbocycles. The molecule has 1 atom stereocenters. The maximum absolute atomic E-state index is 10.5. The number of aliphatic hydroxyl groups excluding tert-OH is 1. The molecule has 1 rings (SSSR count). The van der Waals surface area contributed by atoms with Gasteiger partial charge in [0.25, 0.3) is 0 Å². The monoisotopic (exact) mass is 214 g/mol. The number of nitrogens with two attached hydrogens (primary N) is 1. The zero-order chi connectivity index (χ0) is 10.7. The minimum Gasteiger partial charge on any atom is -0.479 e. The molecule has 1 unspecified atom stereocenters. The van der Waals surface area contributed by atoms with Gasteiger partial charge in [-0.05, 0) is 18.2 Å². The highest BCUT2D eigenvalue weighted by Crippen LogP contribution is 2.25. The molecule has 0 aromatic heterocycles. The quantitative estimate of drug-likeness (QED) is 0.285. The molecule has 0 radical (unpaired) electrons. The van der Waals surface area contributed by atoms with Gasteiger partial charge in [0.1, 0.15) is 0 Å². The normalized spacial score (nSPS) is 12.2. The van der Waals surface area contributed by atoms with Crippen molar-refractivity contribution in [1.82, 2.24) is 0 Å². The van der Waals surface area contributed by atoms with E-state index in [1.165, 1.54) is 6.07 Å². The molecule has 0 heterocycles. The lowest BCUT2D eigenvalue weighted by atomic mass is 10.1. The predicted octanol–water partition coefficient (Wildman–Crippen LogP) is 0.379. The van der Waals surface area contributed by atoms with Gasteiger partial charge in [-0.1, -0.05) is 0 Å². The number of carboxylic acid groups (broad SMARTS) is 1. The maximum Gasteiger partial charge on any atom is 0.337 e. The van der Waals surface area contributed by atoms with Gasteiger partial charge in [0, 0.05) is 10.5 Å². The van der Waals surface area contributed by atoms with E-state index in [0.717, 1.165) is 0 Å². The van der Waals surface area contributed by atoms with Crippen LogP contribution in [0.1, 0.15) is 11.7 Å². The van der Waals surface area contributed by atoms with Crippen molar-refractivity contribution < 1.29 is 15.0 Å². The number of rotatable bonds is 3. The second kappa shape index (κ2) is 4.32. The first-order chi connectivity index (χ1) is 6.56. The number of carboxylic acids is 1. The molecule has 0 spiro atoms. The average molecular weight is 214 g/mol. The summed E-state index contributed by atoms with van der Waals surface area (Å²) in [6.45, 7) is 0. The van der Waals surface area contributed by atoms with E-state index in [1.54, 1.807) is 12.1 Å². The SMILES string of the molecule is NNc1ccc(S)cc1C(O)C(=O)O. The van der Waals surface area contributed by atoms with E-state index in [-0.39, 0.29) is 5.56 Å². The molecular weight excluding hydrogens is 204 g/mol. The average Bonchev–Trinajstić information content (AvgIpc) is 2.16. The Balaban J connectivity index is 3.16. The van der Waals surface area contributed by atoms with E-state index >= 15 is 0 Å². The largest absolute Gasteiger partial charge is 0.479 e. The molecule has 0 saturated carbocycles. The lowest BCUT2D eigenvalue weighted by molar-refractivity contribution is -0.146. The second-order valence-corrected chi connectivity index (χ2v) is 3.17. The first-order valence-electron chi connectivity index (χ1n) is 3.76. The van der Waals surface area contributed by atoms with E-state index in [0.29, 0.717) is 10.6 Å². The molecule has 0 amide bonds. The minimum absolute atomic E-state index is 0.188. The summed E-state index contributed by atoms with van der Waals surface area (Å²) in [7, 11) is 0. The summed E-state index contributed by atoms with van der Waals surface area (Å²) in [6, 6.07) is 4.62. The van der Waals surface area contributed by atoms with E-state index in [4.69, 9.17) is 10.9 Å². The van der Waals surface area contributed by atoms with Gasteiger partial charge in [-0.25, -0.2) is 4.79 Å². The number of nitrogen functional groups attached to an aromatic ring is 1. The number of carbonyl (C=O) groups is 1. The third-order valence-electron chi connectivity index (χ3n) is 1.72. The number of hydrogen-bond acceptors (Lipinski definition) is 5. The smallest absolute Gasteiger partial charge is 0.337 e. The summed E-state index contributed by atoms with van der Waals surface area (Å²) < 4.78 is 0. The van der Waals surface area contributed by atoms with E-state index in [9.17, 15) is 9.90 Å². The zero-order valence-electron chi connectivity index (χ0n) is 7.14. The number of hydrogen-bond donors (Lipinski definition) is 5. The second-order valence-electron chi connectivity index (χ2n) is 2.66. The van der Waals surface area contributed by atoms with Crippen LogP contribution in [0.4, 0.5) is 5.69 Å². The molecule has 0 bridgehead atoms. The molecular formula is C8H10N2O3S. The number of thiol groups is 1. The lowest BCUT2D eigenvalue weighted by Gasteiger charge is -2.12. The van der Waals surface area contributed by atoms with E-state index < -0.39 is 12.1 Å². The van der Waals surface area contributed by atoms with Crippen molar-refractivity contribution in [3.63, 3.8) is 0 Å². The van der Waals surface area contributed by atoms with Crippen molar-refractivity contribution >= 4 is 24.3 Å². The van der Waals surface area contributed by atoms with Gasteiger partial charge in [0.15, 0.2) is 6.10 Å². The van der Waals surface area contributed by atoms with Gasteiger partial charge in [0.05, 0.1) is 5.69 Å². The molecule has 5 N–H and O–H groups in total. The molecule has 5 nitrogen and oxygen atoms in total. The fourth-order valence-electron chi connectivity index (χ4n) is 1.04. The summed E-state index contributed by atoms with van der Waals surface area (Å²) in [6.07, 6.45) is -1.60. The molecule has 1 aromatic rings. The predicted molar refractivity (Wildman–Crippen MR) is 54.1 cm³/mol. The minimum atomic E-state index is -1.60. The van der Waals surface area contributed by atoms with Crippen LogP contribution in [0.3, 0.4) is 0 Å². The summed E-state index contributed by atoms with van der Waals surface area (Å²) in [5.41, 5.74) is 2.85. The van der Waals surface area contributed by atoms with Crippen LogP contribution in [0.5, 0.6) is 0 Å². The van der Waals surface area contributed by atoms with Crippen LogP contribution >= 0.6 is 12.6 Å².